The lowest BCUT2D eigenvalue weighted by molar-refractivity contribution is -0.222. The number of benzene rings is 1. The number of aliphatic imine (C=N–C) groups is 1. The van der Waals surface area contributed by atoms with Gasteiger partial charge in [-0.25, -0.2) is 24.2 Å². The molecule has 4 unspecified atom stereocenters. The minimum atomic E-state index is -1.18. The molecule has 0 radical (unpaired) electrons. The maximum atomic E-state index is 12.6. The molecule has 0 bridgehead atoms. The lowest BCUT2D eigenvalue weighted by atomic mass is 9.76. The van der Waals surface area contributed by atoms with Crippen LogP contribution < -0.4 is 10.2 Å². The van der Waals surface area contributed by atoms with Gasteiger partial charge >= 0.3 is 23.9 Å². The highest BCUT2D eigenvalue weighted by Crippen LogP contribution is 2.39. The summed E-state index contributed by atoms with van der Waals surface area (Å²) in [4.78, 5) is 58.6. The summed E-state index contributed by atoms with van der Waals surface area (Å²) in [5.74, 6) is -1.72. The number of unbranched alkanes of at least 4 members (excludes halogenated alkanes) is 3. The summed E-state index contributed by atoms with van der Waals surface area (Å²) in [6, 6.07) is 18.1. The van der Waals surface area contributed by atoms with Gasteiger partial charge in [0.1, 0.15) is 41.0 Å². The number of likely N-dealkylation sites (tertiary alicyclic amines) is 1. The van der Waals surface area contributed by atoms with Crippen molar-refractivity contribution in [2.24, 2.45) is 28.2 Å². The summed E-state index contributed by atoms with van der Waals surface area (Å²) in [5, 5.41) is 40.8. The molecular formula is C77H111N9O8. The average Bonchev–Trinajstić information content (AvgIpc) is 0.857. The minimum absolute atomic E-state index is 0.00926. The van der Waals surface area contributed by atoms with Crippen LogP contribution in [0.1, 0.15) is 225 Å². The molecule has 3 heterocycles. The molecule has 17 heteroatoms. The summed E-state index contributed by atoms with van der Waals surface area (Å²) in [6.07, 6.45) is 35.2. The fourth-order valence-electron chi connectivity index (χ4n) is 11.5. The van der Waals surface area contributed by atoms with Crippen LogP contribution in [-0.2, 0) is 38.1 Å². The van der Waals surface area contributed by atoms with E-state index in [9.17, 15) is 35.0 Å². The fourth-order valence-corrected chi connectivity index (χ4v) is 11.5. The number of esters is 4. The molecule has 1 N–H and O–H groups in total. The number of para-hydroxylation sites is 1. The molecule has 2 saturated heterocycles. The molecule has 0 aromatic heterocycles. The predicted octanol–water partition coefficient (Wildman–Crippen LogP) is 16.9. The van der Waals surface area contributed by atoms with Crippen molar-refractivity contribution < 1.29 is 38.1 Å². The van der Waals surface area contributed by atoms with E-state index in [2.05, 4.69) is 114 Å². The third kappa shape index (κ3) is 27.8. The number of anilines is 1. The first-order valence-corrected chi connectivity index (χ1v) is 34.8. The molecule has 1 aromatic carbocycles. The van der Waals surface area contributed by atoms with Crippen molar-refractivity contribution in [3.05, 3.63) is 123 Å². The number of ether oxygens (including phenoxy) is 4. The number of carbonyl (C=O) groups is 4. The van der Waals surface area contributed by atoms with Gasteiger partial charge in [0.05, 0.1) is 25.2 Å². The Morgan fingerprint density at radius 1 is 0.713 bits per heavy atom. The van der Waals surface area contributed by atoms with E-state index in [-0.39, 0.29) is 28.7 Å². The van der Waals surface area contributed by atoms with Crippen molar-refractivity contribution in [1.82, 2.24) is 15.1 Å². The Balaban J connectivity index is 0.000000331. The lowest BCUT2D eigenvalue weighted by Crippen LogP contribution is -2.42. The Morgan fingerprint density at radius 3 is 1.78 bits per heavy atom. The normalized spacial score (nSPS) is 18.4. The van der Waals surface area contributed by atoms with E-state index in [1.807, 2.05) is 48.7 Å². The average molecular weight is 1290 g/mol. The molecule has 512 valence electrons. The quantitative estimate of drug-likeness (QED) is 0.0270. The second kappa shape index (κ2) is 43.0. The van der Waals surface area contributed by atoms with Gasteiger partial charge in [0, 0.05) is 69.3 Å². The molecular weight excluding hydrogens is 1180 g/mol. The van der Waals surface area contributed by atoms with Gasteiger partial charge < -0.3 is 39.0 Å². The van der Waals surface area contributed by atoms with Crippen LogP contribution in [0.15, 0.2) is 128 Å². The number of rotatable bonds is 28. The van der Waals surface area contributed by atoms with E-state index in [0.29, 0.717) is 41.8 Å². The van der Waals surface area contributed by atoms with Crippen LogP contribution in [0, 0.1) is 68.5 Å². The standard InChI is InChI=1S/C25H41N3.C23H38N2O2.C15H13N3O2.C14H19NO4/c1-5-9-12-21(7-3)19-28(20-22(8-4)13-10-6-2)25-15-11-14-23(16-25)24(17-26)18-27;1-7-10-11-18(9-3)16-27-22(26)21(15-24)19-12-20(25-17(4)8-2)14-23(5,6)13-19;1-2-20-15(19)13(10-16)14-8-9-18(11-17-14)12-6-4-3-5-7-12;1-10(6-9-15-7-4-5-8-15)11-12(16)18-14(2,3)19-13(11)17/h16,21-22H,5-15,19-20H2,1-4H3;12,17-18,25H,7-11,13-14,16H2,1-6H3;3-9,11H,2H2,1H3;6,9H,4-5,7-8H2,1-3H3/b;21-19+;14-13+;9-6+. The molecule has 94 heavy (non-hydrogen) atoms. The van der Waals surface area contributed by atoms with Gasteiger partial charge in [-0.2, -0.15) is 21.0 Å². The second-order valence-corrected chi connectivity index (χ2v) is 26.2. The SMILES string of the molecule is CC(/C=C/N1CCCC1)=C1C(=O)OC(C)(C)OC1=O.CCCCC(CC)CN(CC(CC)CCCC)C1=CC(=C(C#N)C#N)CCC1.CCCCC(CC)COC(=O)/C(C#N)=C1\C=C(NC(C)CC)CC(C)(C)C1.CCOC(=O)/C(C#N)=C1\C=CN(c2ccccc2)C=N1. The summed E-state index contributed by atoms with van der Waals surface area (Å²) in [5.41, 5.74) is 6.38. The highest BCUT2D eigenvalue weighted by Gasteiger charge is 2.40. The Kier molecular flexibility index (Phi) is 36.6. The summed E-state index contributed by atoms with van der Waals surface area (Å²) < 4.78 is 20.5. The van der Waals surface area contributed by atoms with Gasteiger partial charge in [0.25, 0.3) is 5.79 Å². The molecule has 6 rings (SSSR count). The molecule has 0 amide bonds. The van der Waals surface area contributed by atoms with Crippen LogP contribution >= 0.6 is 0 Å². The van der Waals surface area contributed by atoms with Crippen molar-refractivity contribution in [2.45, 2.75) is 237 Å². The number of hydrogen-bond donors (Lipinski definition) is 1. The Labute approximate surface area is 564 Å². The molecule has 17 nitrogen and oxygen atoms in total. The number of nitrogens with zero attached hydrogens (tertiary/aromatic N) is 8. The number of carbonyl (C=O) groups excluding carboxylic acids is 4. The summed E-state index contributed by atoms with van der Waals surface area (Å²) in [7, 11) is 0. The summed E-state index contributed by atoms with van der Waals surface area (Å²) >= 11 is 0. The van der Waals surface area contributed by atoms with Gasteiger partial charge in [-0.15, -0.1) is 0 Å². The van der Waals surface area contributed by atoms with E-state index in [0.717, 1.165) is 118 Å². The first-order valence-electron chi connectivity index (χ1n) is 34.8. The van der Waals surface area contributed by atoms with Crippen molar-refractivity contribution in [3.8, 4) is 24.3 Å². The first-order chi connectivity index (χ1) is 45.0. The number of cyclic esters (lactones) is 2. The van der Waals surface area contributed by atoms with Crippen LogP contribution in [0.25, 0.3) is 0 Å². The van der Waals surface area contributed by atoms with Gasteiger partial charge in [0.15, 0.2) is 5.57 Å². The number of hydrogen-bond acceptors (Lipinski definition) is 17. The Morgan fingerprint density at radius 2 is 1.28 bits per heavy atom. The van der Waals surface area contributed by atoms with E-state index in [1.165, 1.54) is 83.8 Å². The zero-order valence-electron chi connectivity index (χ0n) is 59.5. The highest BCUT2D eigenvalue weighted by molar-refractivity contribution is 6.16. The van der Waals surface area contributed by atoms with E-state index < -0.39 is 29.7 Å². The van der Waals surface area contributed by atoms with Gasteiger partial charge in [-0.3, -0.25) is 0 Å². The number of allylic oxidation sites excluding steroid dienone is 10. The zero-order valence-corrected chi connectivity index (χ0v) is 59.5. The fraction of sp³-hybridized carbons (Fsp3) is 0.597. The minimum Gasteiger partial charge on any atom is -0.462 e. The predicted molar refractivity (Wildman–Crippen MR) is 374 cm³/mol. The van der Waals surface area contributed by atoms with E-state index in [1.54, 1.807) is 43.4 Å². The van der Waals surface area contributed by atoms with Crippen molar-refractivity contribution in [3.63, 3.8) is 0 Å². The van der Waals surface area contributed by atoms with Crippen LogP contribution in [0.3, 0.4) is 0 Å². The maximum absolute atomic E-state index is 12.6. The Hall–Kier alpha value is -8.15. The molecule has 1 aromatic rings. The van der Waals surface area contributed by atoms with Crippen molar-refractivity contribution in [2.75, 3.05) is 44.3 Å². The highest BCUT2D eigenvalue weighted by atomic mass is 16.7. The van der Waals surface area contributed by atoms with Crippen LogP contribution in [-0.4, -0.2) is 91.2 Å². The topological polar surface area (TPSA) is 234 Å². The third-order valence-electron chi connectivity index (χ3n) is 17.3. The molecule has 0 spiro atoms. The third-order valence-corrected chi connectivity index (χ3v) is 17.3. The number of nitriles is 4. The van der Waals surface area contributed by atoms with E-state index >= 15 is 0 Å². The lowest BCUT2D eigenvalue weighted by Gasteiger charge is -2.36. The van der Waals surface area contributed by atoms with Crippen molar-refractivity contribution in [1.29, 1.82) is 21.0 Å². The summed E-state index contributed by atoms with van der Waals surface area (Å²) in [6.45, 7) is 33.5. The molecule has 2 fully saturated rings. The molecule has 4 atom stereocenters. The van der Waals surface area contributed by atoms with E-state index in [4.69, 9.17) is 24.2 Å². The first kappa shape index (κ1) is 80.1. The zero-order chi connectivity index (χ0) is 69.6. The Bertz CT molecular complexity index is 3020. The maximum Gasteiger partial charge on any atom is 0.351 e. The van der Waals surface area contributed by atoms with Gasteiger partial charge in [0.2, 0.25) is 0 Å². The monoisotopic (exact) mass is 1290 g/mol. The largest absolute Gasteiger partial charge is 0.462 e. The van der Waals surface area contributed by atoms with Gasteiger partial charge in [-0.1, -0.05) is 138 Å². The molecule has 0 saturated carbocycles. The smallest absolute Gasteiger partial charge is 0.351 e. The van der Waals surface area contributed by atoms with Gasteiger partial charge in [-0.05, 0) is 174 Å². The van der Waals surface area contributed by atoms with Crippen LogP contribution in [0.4, 0.5) is 5.69 Å². The number of nitrogens with one attached hydrogen (secondary N) is 1. The molecule has 5 aliphatic rings. The van der Waals surface area contributed by atoms with Crippen LogP contribution in [0.2, 0.25) is 0 Å². The van der Waals surface area contributed by atoms with Crippen molar-refractivity contribution >= 4 is 35.9 Å². The van der Waals surface area contributed by atoms with Crippen LogP contribution in [0.5, 0.6) is 0 Å². The second-order valence-electron chi connectivity index (χ2n) is 26.2. The molecule has 2 aliphatic carbocycles. The molecule has 3 aliphatic heterocycles.